The molecular formula is C25H32ClN3O3. The van der Waals surface area contributed by atoms with Crippen molar-refractivity contribution in [3.8, 4) is 0 Å². The summed E-state index contributed by atoms with van der Waals surface area (Å²) < 4.78 is 0. The van der Waals surface area contributed by atoms with Crippen LogP contribution in [0, 0.1) is 11.3 Å². The zero-order valence-corrected chi connectivity index (χ0v) is 19.8. The van der Waals surface area contributed by atoms with Gasteiger partial charge in [-0.2, -0.15) is 0 Å². The second-order valence-corrected chi connectivity index (χ2v) is 9.98. The van der Waals surface area contributed by atoms with Gasteiger partial charge in [-0.25, -0.2) is 0 Å². The van der Waals surface area contributed by atoms with Crippen LogP contribution < -0.4 is 11.1 Å². The molecular weight excluding hydrogens is 426 g/mol. The summed E-state index contributed by atoms with van der Waals surface area (Å²) in [7, 11) is 0. The summed E-state index contributed by atoms with van der Waals surface area (Å²) in [5.41, 5.74) is 5.73. The molecule has 172 valence electrons. The number of para-hydroxylation sites is 1. The van der Waals surface area contributed by atoms with Gasteiger partial charge in [0.25, 0.3) is 5.91 Å². The summed E-state index contributed by atoms with van der Waals surface area (Å²) >= 11 is 6.01. The number of benzene rings is 2. The predicted molar refractivity (Wildman–Crippen MR) is 127 cm³/mol. The number of carbonyl (C=O) groups excluding carboxylic acids is 2. The predicted octanol–water partition coefficient (Wildman–Crippen LogP) is 3.82. The number of nitrogens with two attached hydrogens (primary N) is 1. The van der Waals surface area contributed by atoms with Crippen molar-refractivity contribution in [2.75, 3.05) is 18.8 Å². The largest absolute Gasteiger partial charge is 0.398 e. The third-order valence-electron chi connectivity index (χ3n) is 6.51. The zero-order valence-electron chi connectivity index (χ0n) is 19.1. The molecule has 1 saturated heterocycles. The summed E-state index contributed by atoms with van der Waals surface area (Å²) in [4.78, 5) is 28.0. The third kappa shape index (κ3) is 4.62. The van der Waals surface area contributed by atoms with Crippen LogP contribution in [-0.2, 0) is 10.4 Å². The van der Waals surface area contributed by atoms with Crippen LogP contribution in [0.1, 0.15) is 50.0 Å². The van der Waals surface area contributed by atoms with Gasteiger partial charge in [0.15, 0.2) is 0 Å². The lowest BCUT2D eigenvalue weighted by molar-refractivity contribution is -0.155. The van der Waals surface area contributed by atoms with Gasteiger partial charge in [0.05, 0.1) is 11.2 Å². The van der Waals surface area contributed by atoms with Crippen molar-refractivity contribution in [2.24, 2.45) is 11.3 Å². The number of nitrogens with zero attached hydrogens (tertiary/aromatic N) is 1. The van der Waals surface area contributed by atoms with Crippen LogP contribution in [0.15, 0.2) is 48.5 Å². The molecule has 2 amide bonds. The minimum absolute atomic E-state index is 0.114. The second-order valence-electron chi connectivity index (χ2n) is 9.54. The molecule has 1 aliphatic rings. The van der Waals surface area contributed by atoms with Gasteiger partial charge < -0.3 is 21.1 Å². The molecule has 1 heterocycles. The van der Waals surface area contributed by atoms with E-state index in [1.807, 2.05) is 39.8 Å². The van der Waals surface area contributed by atoms with Crippen LogP contribution >= 0.6 is 11.6 Å². The number of piperidine rings is 1. The number of amides is 2. The maximum Gasteiger partial charge on any atom is 0.254 e. The third-order valence-corrected chi connectivity index (χ3v) is 6.76. The average Bonchev–Trinajstić information content (AvgIpc) is 2.73. The molecule has 6 nitrogen and oxygen atoms in total. The van der Waals surface area contributed by atoms with Gasteiger partial charge in [-0.1, -0.05) is 63.6 Å². The SMILES string of the molecule is CC(C)[C@@H](NC(=O)c1ccccc1N)C(=O)N1CC[C@](O)(c2ccc(Cl)cc2)C(C)(C)C1. The van der Waals surface area contributed by atoms with Crippen molar-refractivity contribution in [1.82, 2.24) is 10.2 Å². The molecule has 1 aliphatic heterocycles. The van der Waals surface area contributed by atoms with E-state index in [-0.39, 0.29) is 17.7 Å². The number of hydrogen-bond acceptors (Lipinski definition) is 4. The highest BCUT2D eigenvalue weighted by Crippen LogP contribution is 2.46. The van der Waals surface area contributed by atoms with Crippen LogP contribution in [0.4, 0.5) is 5.69 Å². The van der Waals surface area contributed by atoms with Gasteiger partial charge in [0.1, 0.15) is 6.04 Å². The fraction of sp³-hybridized carbons (Fsp3) is 0.440. The fourth-order valence-corrected chi connectivity index (χ4v) is 4.53. The Kier molecular flexibility index (Phi) is 6.86. The van der Waals surface area contributed by atoms with Gasteiger partial charge in [0.2, 0.25) is 5.91 Å². The highest BCUT2D eigenvalue weighted by atomic mass is 35.5. The van der Waals surface area contributed by atoms with Crippen molar-refractivity contribution in [3.05, 3.63) is 64.7 Å². The molecule has 1 fully saturated rings. The monoisotopic (exact) mass is 457 g/mol. The molecule has 0 radical (unpaired) electrons. The van der Waals surface area contributed by atoms with Crippen LogP contribution in [0.2, 0.25) is 5.02 Å². The van der Waals surface area contributed by atoms with Gasteiger partial charge >= 0.3 is 0 Å². The number of halogens is 1. The Morgan fingerprint density at radius 3 is 2.31 bits per heavy atom. The average molecular weight is 458 g/mol. The van der Waals surface area contributed by atoms with E-state index in [0.29, 0.717) is 35.8 Å². The van der Waals surface area contributed by atoms with E-state index in [1.165, 1.54) is 0 Å². The highest BCUT2D eigenvalue weighted by molar-refractivity contribution is 6.30. The first kappa shape index (κ1) is 24.1. The molecule has 4 N–H and O–H groups in total. The van der Waals surface area contributed by atoms with Gasteiger partial charge in [0, 0.05) is 29.2 Å². The molecule has 2 aromatic rings. The molecule has 0 unspecified atom stereocenters. The number of anilines is 1. The molecule has 0 aliphatic carbocycles. The summed E-state index contributed by atoms with van der Waals surface area (Å²) in [6.07, 6.45) is 0.387. The molecule has 2 aromatic carbocycles. The maximum absolute atomic E-state index is 13.5. The lowest BCUT2D eigenvalue weighted by Crippen LogP contribution is -2.60. The Balaban J connectivity index is 1.78. The number of rotatable bonds is 5. The Bertz CT molecular complexity index is 990. The highest BCUT2D eigenvalue weighted by Gasteiger charge is 2.50. The van der Waals surface area contributed by atoms with E-state index in [4.69, 9.17) is 17.3 Å². The van der Waals surface area contributed by atoms with Crippen LogP contribution in [0.25, 0.3) is 0 Å². The van der Waals surface area contributed by atoms with Crippen molar-refractivity contribution < 1.29 is 14.7 Å². The van der Waals surface area contributed by atoms with Crippen LogP contribution in [-0.4, -0.2) is 41.0 Å². The number of hydrogen-bond donors (Lipinski definition) is 3. The van der Waals surface area contributed by atoms with Crippen molar-refractivity contribution in [1.29, 1.82) is 0 Å². The Hall–Kier alpha value is -2.57. The molecule has 3 rings (SSSR count). The maximum atomic E-state index is 13.5. The van der Waals surface area contributed by atoms with Gasteiger partial charge in [-0.3, -0.25) is 9.59 Å². The number of likely N-dealkylation sites (tertiary alicyclic amines) is 1. The Morgan fingerprint density at radius 1 is 1.12 bits per heavy atom. The van der Waals surface area contributed by atoms with E-state index in [2.05, 4.69) is 5.32 Å². The zero-order chi connectivity index (χ0) is 23.7. The minimum atomic E-state index is -1.09. The molecule has 0 aromatic heterocycles. The fourth-order valence-electron chi connectivity index (χ4n) is 4.40. The smallest absolute Gasteiger partial charge is 0.254 e. The van der Waals surface area contributed by atoms with E-state index in [0.717, 1.165) is 5.56 Å². The summed E-state index contributed by atoms with van der Waals surface area (Å²) in [5.74, 6) is -0.644. The molecule has 0 spiro atoms. The molecule has 32 heavy (non-hydrogen) atoms. The number of carbonyl (C=O) groups is 2. The quantitative estimate of drug-likeness (QED) is 0.594. The Labute approximate surface area is 194 Å². The summed E-state index contributed by atoms with van der Waals surface area (Å²) in [5, 5.41) is 15.0. The van der Waals surface area contributed by atoms with Crippen LogP contribution in [0.5, 0.6) is 0 Å². The summed E-state index contributed by atoms with van der Waals surface area (Å²) in [6.45, 7) is 8.45. The van der Waals surface area contributed by atoms with Crippen molar-refractivity contribution >= 4 is 29.1 Å². The van der Waals surface area contributed by atoms with Crippen molar-refractivity contribution in [3.63, 3.8) is 0 Å². The standard InChI is InChI=1S/C25H32ClN3O3/c1-16(2)21(28-22(30)19-7-5-6-8-20(19)27)23(31)29-14-13-25(32,24(3,4)15-29)17-9-11-18(26)12-10-17/h5-12,16,21,32H,13-15,27H2,1-4H3,(H,28,30)/t21-,25+/m1/s1. The minimum Gasteiger partial charge on any atom is -0.398 e. The van der Waals surface area contributed by atoms with Gasteiger partial charge in [-0.15, -0.1) is 0 Å². The molecule has 0 bridgehead atoms. The van der Waals surface area contributed by atoms with Gasteiger partial charge in [-0.05, 0) is 42.2 Å². The number of nitrogens with one attached hydrogen (secondary N) is 1. The molecule has 7 heteroatoms. The number of aliphatic hydroxyl groups is 1. The van der Waals surface area contributed by atoms with E-state index < -0.39 is 17.1 Å². The number of nitrogen functional groups attached to an aromatic ring is 1. The van der Waals surface area contributed by atoms with E-state index in [9.17, 15) is 14.7 Å². The first-order valence-corrected chi connectivity index (χ1v) is 11.3. The second kappa shape index (κ2) is 9.12. The first-order chi connectivity index (χ1) is 15.0. The lowest BCUT2D eigenvalue weighted by atomic mass is 9.66. The molecule has 2 atom stereocenters. The lowest BCUT2D eigenvalue weighted by Gasteiger charge is -2.51. The normalized spacial score (nSPS) is 21.3. The van der Waals surface area contributed by atoms with E-state index in [1.54, 1.807) is 41.3 Å². The summed E-state index contributed by atoms with van der Waals surface area (Å²) in [6, 6.07) is 13.3. The first-order valence-electron chi connectivity index (χ1n) is 10.9. The van der Waals surface area contributed by atoms with Crippen molar-refractivity contribution in [2.45, 2.75) is 45.8 Å². The Morgan fingerprint density at radius 2 is 1.75 bits per heavy atom. The molecule has 0 saturated carbocycles. The topological polar surface area (TPSA) is 95.7 Å². The van der Waals surface area contributed by atoms with E-state index >= 15 is 0 Å². The van der Waals surface area contributed by atoms with Crippen LogP contribution in [0.3, 0.4) is 0 Å².